The van der Waals surface area contributed by atoms with Crippen LogP contribution in [-0.4, -0.2) is 18.8 Å². The molecule has 0 aromatic heterocycles. The van der Waals surface area contributed by atoms with E-state index in [1.165, 1.54) is 0 Å². The molecule has 0 saturated carbocycles. The maximum Gasteiger partial charge on any atom is 0.338 e. The fourth-order valence-electron chi connectivity index (χ4n) is 3.85. The molecule has 2 N–H and O–H groups in total. The van der Waals surface area contributed by atoms with Gasteiger partial charge in [0.2, 0.25) is 6.79 Å². The zero-order valence-electron chi connectivity index (χ0n) is 18.4. The number of fused-ring (bicyclic) bond motifs is 1. The highest BCUT2D eigenvalue weighted by atomic mass is 16.7. The summed E-state index contributed by atoms with van der Waals surface area (Å²) >= 11 is 0. The molecule has 0 radical (unpaired) electrons. The van der Waals surface area contributed by atoms with E-state index in [1.807, 2.05) is 54.6 Å². The molecular formula is C26H22N2O6. The smallest absolute Gasteiger partial charge is 0.338 e. The third-order valence-electron chi connectivity index (χ3n) is 5.47. The summed E-state index contributed by atoms with van der Waals surface area (Å²) in [7, 11) is 0. The van der Waals surface area contributed by atoms with Crippen molar-refractivity contribution in [2.24, 2.45) is 0 Å². The summed E-state index contributed by atoms with van der Waals surface area (Å²) in [5, 5.41) is 5.47. The number of ether oxygens (including phenoxy) is 4. The molecule has 0 saturated heterocycles. The third kappa shape index (κ3) is 4.52. The van der Waals surface area contributed by atoms with Gasteiger partial charge < -0.3 is 29.6 Å². The second-order valence-corrected chi connectivity index (χ2v) is 7.82. The van der Waals surface area contributed by atoms with Crippen LogP contribution in [0.1, 0.15) is 24.1 Å². The Bertz CT molecular complexity index is 1270. The van der Waals surface area contributed by atoms with E-state index in [9.17, 15) is 9.59 Å². The van der Waals surface area contributed by atoms with Crippen molar-refractivity contribution < 1.29 is 28.5 Å². The number of rotatable bonds is 6. The molecule has 8 heteroatoms. The molecule has 2 aliphatic heterocycles. The Labute approximate surface area is 196 Å². The van der Waals surface area contributed by atoms with Gasteiger partial charge in [-0.25, -0.2) is 9.59 Å². The molecule has 172 valence electrons. The van der Waals surface area contributed by atoms with Gasteiger partial charge in [-0.1, -0.05) is 36.4 Å². The highest BCUT2D eigenvalue weighted by Crippen LogP contribution is 2.34. The first-order valence-corrected chi connectivity index (χ1v) is 10.7. The van der Waals surface area contributed by atoms with Gasteiger partial charge in [0.15, 0.2) is 11.5 Å². The summed E-state index contributed by atoms with van der Waals surface area (Å²) < 4.78 is 22.2. The average molecular weight is 458 g/mol. The molecule has 2 aliphatic rings. The van der Waals surface area contributed by atoms with Crippen molar-refractivity contribution in [3.05, 3.63) is 95.2 Å². The molecule has 3 aromatic carbocycles. The predicted molar refractivity (Wildman–Crippen MR) is 122 cm³/mol. The minimum Gasteiger partial charge on any atom is -0.457 e. The number of carbonyl (C=O) groups is 2. The van der Waals surface area contributed by atoms with Gasteiger partial charge in [0, 0.05) is 5.70 Å². The van der Waals surface area contributed by atoms with Gasteiger partial charge in [-0.2, -0.15) is 0 Å². The maximum absolute atomic E-state index is 13.1. The van der Waals surface area contributed by atoms with E-state index >= 15 is 0 Å². The van der Waals surface area contributed by atoms with Crippen LogP contribution < -0.4 is 24.8 Å². The fourth-order valence-corrected chi connectivity index (χ4v) is 3.85. The fraction of sp³-hybridized carbons (Fsp3) is 0.154. The summed E-state index contributed by atoms with van der Waals surface area (Å²) in [6.45, 7) is 1.89. The first-order chi connectivity index (χ1) is 16.6. The van der Waals surface area contributed by atoms with Crippen LogP contribution in [0.15, 0.2) is 84.1 Å². The highest BCUT2D eigenvalue weighted by Gasteiger charge is 2.32. The zero-order chi connectivity index (χ0) is 23.5. The Balaban J connectivity index is 1.36. The minimum absolute atomic E-state index is 0.0457. The Morgan fingerprint density at radius 3 is 2.62 bits per heavy atom. The van der Waals surface area contributed by atoms with Crippen molar-refractivity contribution in [3.8, 4) is 23.0 Å². The zero-order valence-corrected chi connectivity index (χ0v) is 18.4. The lowest BCUT2D eigenvalue weighted by molar-refractivity contribution is -0.140. The molecule has 2 amide bonds. The lowest BCUT2D eigenvalue weighted by atomic mass is 9.95. The molecule has 34 heavy (non-hydrogen) atoms. The molecule has 0 fully saturated rings. The number of hydrogen-bond acceptors (Lipinski definition) is 6. The Hall–Kier alpha value is -4.46. The van der Waals surface area contributed by atoms with Crippen molar-refractivity contribution in [3.63, 3.8) is 0 Å². The molecule has 0 unspecified atom stereocenters. The van der Waals surface area contributed by atoms with E-state index in [-0.39, 0.29) is 13.4 Å². The quantitative estimate of drug-likeness (QED) is 0.525. The number of amides is 2. The molecule has 1 atom stereocenters. The van der Waals surface area contributed by atoms with Crippen LogP contribution in [0.2, 0.25) is 0 Å². The van der Waals surface area contributed by atoms with Gasteiger partial charge in [-0.15, -0.1) is 0 Å². The van der Waals surface area contributed by atoms with Gasteiger partial charge in [-0.3, -0.25) is 0 Å². The van der Waals surface area contributed by atoms with Gasteiger partial charge in [-0.05, 0) is 54.4 Å². The Kier molecular flexibility index (Phi) is 5.78. The summed E-state index contributed by atoms with van der Waals surface area (Å²) in [5.41, 5.74) is 2.20. The number of hydrogen-bond donors (Lipinski definition) is 2. The normalized spacial score (nSPS) is 16.5. The average Bonchev–Trinajstić information content (AvgIpc) is 3.31. The van der Waals surface area contributed by atoms with Crippen LogP contribution in [0.3, 0.4) is 0 Å². The lowest BCUT2D eigenvalue weighted by Crippen LogP contribution is -2.45. The lowest BCUT2D eigenvalue weighted by Gasteiger charge is -2.28. The van der Waals surface area contributed by atoms with Crippen LogP contribution in [0, 0.1) is 0 Å². The topological polar surface area (TPSA) is 95.1 Å². The number of allylic oxidation sites excluding steroid dienone is 1. The van der Waals surface area contributed by atoms with Crippen LogP contribution in [0.5, 0.6) is 23.0 Å². The maximum atomic E-state index is 13.1. The van der Waals surface area contributed by atoms with Crippen LogP contribution in [-0.2, 0) is 16.1 Å². The largest absolute Gasteiger partial charge is 0.457 e. The Morgan fingerprint density at radius 1 is 0.971 bits per heavy atom. The second kappa shape index (κ2) is 9.19. The van der Waals surface area contributed by atoms with E-state index in [1.54, 1.807) is 25.1 Å². The van der Waals surface area contributed by atoms with E-state index in [0.29, 0.717) is 39.8 Å². The van der Waals surface area contributed by atoms with E-state index in [2.05, 4.69) is 10.6 Å². The molecule has 3 aromatic rings. The minimum atomic E-state index is -0.697. The van der Waals surface area contributed by atoms with Gasteiger partial charge in [0.05, 0.1) is 11.6 Å². The third-order valence-corrected chi connectivity index (χ3v) is 5.47. The predicted octanol–water partition coefficient (Wildman–Crippen LogP) is 4.58. The number of para-hydroxylation sites is 1. The molecule has 2 heterocycles. The molecule has 0 bridgehead atoms. The standard InChI is InChI=1S/C26H22N2O6/c1-16-23(25(29)31-14-17-10-11-21-22(12-17)33-15-32-21)24(28-26(30)27-16)18-6-5-9-20(13-18)34-19-7-3-2-4-8-19/h2-13,24H,14-15H2,1H3,(H2,27,28,30)/t24-/m0/s1. The SMILES string of the molecule is CC1=C(C(=O)OCc2ccc3c(c2)OCO3)[C@H](c2cccc(Oc3ccccc3)c2)NC(=O)N1. The van der Waals surface area contributed by atoms with E-state index in [0.717, 1.165) is 5.56 Å². The number of benzene rings is 3. The first-order valence-electron chi connectivity index (χ1n) is 10.7. The first kappa shape index (κ1) is 21.4. The van der Waals surface area contributed by atoms with Crippen LogP contribution in [0.4, 0.5) is 4.79 Å². The molecule has 8 nitrogen and oxygen atoms in total. The number of esters is 1. The van der Waals surface area contributed by atoms with Crippen LogP contribution in [0.25, 0.3) is 0 Å². The monoisotopic (exact) mass is 458 g/mol. The van der Waals surface area contributed by atoms with Crippen molar-refractivity contribution >= 4 is 12.0 Å². The van der Waals surface area contributed by atoms with Crippen molar-refractivity contribution in [1.82, 2.24) is 10.6 Å². The van der Waals surface area contributed by atoms with Crippen molar-refractivity contribution in [2.75, 3.05) is 6.79 Å². The number of carbonyl (C=O) groups excluding carboxylic acids is 2. The molecule has 5 rings (SSSR count). The van der Waals surface area contributed by atoms with Crippen LogP contribution >= 0.6 is 0 Å². The molecule has 0 aliphatic carbocycles. The van der Waals surface area contributed by atoms with Crippen molar-refractivity contribution in [1.29, 1.82) is 0 Å². The highest BCUT2D eigenvalue weighted by molar-refractivity contribution is 5.95. The summed E-state index contributed by atoms with van der Waals surface area (Å²) in [6.07, 6.45) is 0. The summed E-state index contributed by atoms with van der Waals surface area (Å²) in [5.74, 6) is 2.00. The van der Waals surface area contributed by atoms with Crippen molar-refractivity contribution in [2.45, 2.75) is 19.6 Å². The van der Waals surface area contributed by atoms with Gasteiger partial charge in [0.25, 0.3) is 0 Å². The van der Waals surface area contributed by atoms with Gasteiger partial charge >= 0.3 is 12.0 Å². The number of urea groups is 1. The molecular weight excluding hydrogens is 436 g/mol. The summed E-state index contributed by atoms with van der Waals surface area (Å²) in [6, 6.07) is 20.9. The molecule has 0 spiro atoms. The Morgan fingerprint density at radius 2 is 1.76 bits per heavy atom. The summed E-state index contributed by atoms with van der Waals surface area (Å²) in [4.78, 5) is 25.3. The van der Waals surface area contributed by atoms with Gasteiger partial charge in [0.1, 0.15) is 18.1 Å². The number of nitrogens with one attached hydrogen (secondary N) is 2. The second-order valence-electron chi connectivity index (χ2n) is 7.82. The van der Waals surface area contributed by atoms with E-state index in [4.69, 9.17) is 18.9 Å². The van der Waals surface area contributed by atoms with E-state index < -0.39 is 18.0 Å².